The molecule has 0 saturated carbocycles. The van der Waals surface area contributed by atoms with E-state index in [2.05, 4.69) is 142 Å². The number of hydrogen-bond acceptors (Lipinski definition) is 6. The van der Waals surface area contributed by atoms with Gasteiger partial charge >= 0.3 is 17.9 Å². The number of carbonyl (C=O) groups excluding carboxylic acids is 3. The topological polar surface area (TPSA) is 78.9 Å². The first-order chi connectivity index (χ1) is 40.0. The molecule has 6 heteroatoms. The van der Waals surface area contributed by atoms with Gasteiger partial charge in [-0.15, -0.1) is 0 Å². The molecule has 0 rings (SSSR count). The lowest BCUT2D eigenvalue weighted by atomic mass is 10.0. The van der Waals surface area contributed by atoms with Crippen molar-refractivity contribution in [1.82, 2.24) is 0 Å². The first-order valence-corrected chi connectivity index (χ1v) is 34.0. The fraction of sp³-hybridized carbons (Fsp3) is 0.693. The van der Waals surface area contributed by atoms with E-state index in [1.807, 2.05) is 0 Å². The minimum absolute atomic E-state index is 0.0895. The monoisotopic (exact) mass is 1120 g/mol. The van der Waals surface area contributed by atoms with Gasteiger partial charge in [0.25, 0.3) is 0 Å². The van der Waals surface area contributed by atoms with Gasteiger partial charge in [-0.05, 0) is 128 Å². The molecule has 0 bridgehead atoms. The number of rotatable bonds is 61. The minimum Gasteiger partial charge on any atom is -0.462 e. The molecule has 0 radical (unpaired) electrons. The highest BCUT2D eigenvalue weighted by molar-refractivity contribution is 5.71. The van der Waals surface area contributed by atoms with Crippen molar-refractivity contribution < 1.29 is 28.6 Å². The van der Waals surface area contributed by atoms with Gasteiger partial charge in [0.1, 0.15) is 13.2 Å². The summed E-state index contributed by atoms with van der Waals surface area (Å²) < 4.78 is 17.0. The third kappa shape index (κ3) is 66.5. The highest BCUT2D eigenvalue weighted by atomic mass is 16.6. The summed E-state index contributed by atoms with van der Waals surface area (Å²) in [6.07, 6.45) is 95.0. The Bertz CT molecular complexity index is 1670. The normalized spacial score (nSPS) is 12.9. The zero-order valence-corrected chi connectivity index (χ0v) is 53.0. The molecule has 0 aliphatic heterocycles. The molecule has 0 spiro atoms. The van der Waals surface area contributed by atoms with Gasteiger partial charge in [0, 0.05) is 19.3 Å². The quantitative estimate of drug-likeness (QED) is 0.0261. The fourth-order valence-corrected chi connectivity index (χ4v) is 9.40. The first-order valence-electron chi connectivity index (χ1n) is 34.0. The molecule has 0 N–H and O–H groups in total. The Labute approximate surface area is 501 Å². The molecule has 0 heterocycles. The van der Waals surface area contributed by atoms with Gasteiger partial charge in [0.15, 0.2) is 6.10 Å². The van der Waals surface area contributed by atoms with Crippen LogP contribution in [0.15, 0.2) is 122 Å². The number of esters is 3. The predicted octanol–water partition coefficient (Wildman–Crippen LogP) is 23.6. The van der Waals surface area contributed by atoms with Crippen LogP contribution in [0.25, 0.3) is 0 Å². The van der Waals surface area contributed by atoms with E-state index in [0.29, 0.717) is 19.3 Å². The number of unbranched alkanes of at least 4 members (excludes halogenated alkanes) is 30. The van der Waals surface area contributed by atoms with E-state index in [9.17, 15) is 14.4 Å². The Morgan fingerprint density at radius 1 is 0.259 bits per heavy atom. The molecule has 0 aliphatic carbocycles. The van der Waals surface area contributed by atoms with Crippen molar-refractivity contribution in [3.8, 4) is 0 Å². The largest absolute Gasteiger partial charge is 0.462 e. The van der Waals surface area contributed by atoms with E-state index < -0.39 is 6.10 Å². The van der Waals surface area contributed by atoms with Crippen LogP contribution < -0.4 is 0 Å². The highest BCUT2D eigenvalue weighted by Crippen LogP contribution is 2.16. The Hall–Kier alpha value is -4.19. The molecule has 6 nitrogen and oxygen atoms in total. The van der Waals surface area contributed by atoms with E-state index in [-0.39, 0.29) is 31.1 Å². The van der Waals surface area contributed by atoms with Crippen molar-refractivity contribution in [3.63, 3.8) is 0 Å². The van der Waals surface area contributed by atoms with Gasteiger partial charge in [0.2, 0.25) is 0 Å². The van der Waals surface area contributed by atoms with E-state index >= 15 is 0 Å². The zero-order valence-electron chi connectivity index (χ0n) is 53.0. The van der Waals surface area contributed by atoms with Crippen LogP contribution in [-0.4, -0.2) is 37.2 Å². The molecule has 462 valence electrons. The summed E-state index contributed by atoms with van der Waals surface area (Å²) in [7, 11) is 0. The molecule has 0 aromatic heterocycles. The number of hydrogen-bond donors (Lipinski definition) is 0. The second-order valence-electron chi connectivity index (χ2n) is 22.3. The summed E-state index contributed by atoms with van der Waals surface area (Å²) in [4.78, 5) is 38.4. The third-order valence-corrected chi connectivity index (χ3v) is 14.4. The average molecular weight is 1120 g/mol. The third-order valence-electron chi connectivity index (χ3n) is 14.4. The standard InChI is InChI=1S/C75H126O6/c1-4-7-10-13-16-19-22-25-28-30-32-34-35-36-37-38-39-41-42-44-47-50-53-56-59-62-65-68-74(77)80-71-72(70-79-73(76)67-64-61-58-55-52-49-46-27-24-21-18-15-12-9-6-3)81-75(78)69-66-63-60-57-54-51-48-45-43-40-33-31-29-26-23-20-17-14-11-8-5-2/h7-8,10-11,16-17,19-20,25-29,32-34,40,45-46,48,72H,4-6,9,12-15,18,21-24,30-31,35-39,41-44,47,49-71H2,1-3H3/b10-7-,11-8-,19-16-,20-17-,28-25-,29-26-,34-32-,40-33-,46-27-,48-45-. The maximum absolute atomic E-state index is 12.9. The lowest BCUT2D eigenvalue weighted by Gasteiger charge is -2.18. The average Bonchev–Trinajstić information content (AvgIpc) is 3.47. The molecule has 0 aliphatic rings. The molecular formula is C75H126O6. The maximum Gasteiger partial charge on any atom is 0.306 e. The second kappa shape index (κ2) is 68.3. The predicted molar refractivity (Wildman–Crippen MR) is 353 cm³/mol. The molecule has 0 saturated heterocycles. The van der Waals surface area contributed by atoms with Gasteiger partial charge < -0.3 is 14.2 Å². The molecule has 1 unspecified atom stereocenters. The van der Waals surface area contributed by atoms with Crippen LogP contribution in [0.5, 0.6) is 0 Å². The summed E-state index contributed by atoms with van der Waals surface area (Å²) in [6.45, 7) is 6.41. The van der Waals surface area contributed by atoms with Gasteiger partial charge in [-0.2, -0.15) is 0 Å². The van der Waals surface area contributed by atoms with E-state index in [1.54, 1.807) is 0 Å². The van der Waals surface area contributed by atoms with Crippen LogP contribution in [-0.2, 0) is 28.6 Å². The Morgan fingerprint density at radius 2 is 0.481 bits per heavy atom. The summed E-state index contributed by atoms with van der Waals surface area (Å²) in [5.41, 5.74) is 0. The van der Waals surface area contributed by atoms with Gasteiger partial charge in [-0.3, -0.25) is 14.4 Å². The summed E-state index contributed by atoms with van der Waals surface area (Å²) >= 11 is 0. The molecule has 1 atom stereocenters. The lowest BCUT2D eigenvalue weighted by Crippen LogP contribution is -2.30. The maximum atomic E-state index is 12.9. The smallest absolute Gasteiger partial charge is 0.306 e. The molecule has 0 aromatic rings. The van der Waals surface area contributed by atoms with Crippen LogP contribution in [0.3, 0.4) is 0 Å². The second-order valence-corrected chi connectivity index (χ2v) is 22.3. The van der Waals surface area contributed by atoms with Crippen molar-refractivity contribution in [2.45, 2.75) is 322 Å². The van der Waals surface area contributed by atoms with Gasteiger partial charge in [-0.25, -0.2) is 0 Å². The van der Waals surface area contributed by atoms with Crippen LogP contribution >= 0.6 is 0 Å². The van der Waals surface area contributed by atoms with Crippen molar-refractivity contribution in [3.05, 3.63) is 122 Å². The Balaban J connectivity index is 4.36. The fourth-order valence-electron chi connectivity index (χ4n) is 9.40. The van der Waals surface area contributed by atoms with Crippen molar-refractivity contribution in [2.24, 2.45) is 0 Å². The van der Waals surface area contributed by atoms with Gasteiger partial charge in [-0.1, -0.05) is 290 Å². The van der Waals surface area contributed by atoms with Crippen LogP contribution in [0.2, 0.25) is 0 Å². The first kappa shape index (κ1) is 76.8. The number of ether oxygens (including phenoxy) is 3. The minimum atomic E-state index is -0.796. The SMILES string of the molecule is CC/C=C\C/C=C\C/C=C\C/C=C\C/C=C\CCCCCCCC(=O)OC(COC(=O)CCCCCCC/C=C\CCCCCCCC)COC(=O)CCCCCCCCCCCCCCCC/C=C\C/C=C\C/C=C\C/C=C\CC. The van der Waals surface area contributed by atoms with Crippen LogP contribution in [0.4, 0.5) is 0 Å². The van der Waals surface area contributed by atoms with Crippen LogP contribution in [0.1, 0.15) is 316 Å². The lowest BCUT2D eigenvalue weighted by molar-refractivity contribution is -0.167. The summed E-state index contributed by atoms with van der Waals surface area (Å²) in [5.74, 6) is -0.908. The van der Waals surface area contributed by atoms with Crippen LogP contribution in [0, 0.1) is 0 Å². The molecular weight excluding hydrogens is 997 g/mol. The number of carbonyl (C=O) groups is 3. The highest BCUT2D eigenvalue weighted by Gasteiger charge is 2.19. The molecule has 0 fully saturated rings. The molecule has 0 aromatic carbocycles. The number of allylic oxidation sites excluding steroid dienone is 20. The van der Waals surface area contributed by atoms with E-state index in [4.69, 9.17) is 14.2 Å². The summed E-state index contributed by atoms with van der Waals surface area (Å²) in [5, 5.41) is 0. The van der Waals surface area contributed by atoms with Crippen molar-refractivity contribution >= 4 is 17.9 Å². The van der Waals surface area contributed by atoms with Gasteiger partial charge in [0.05, 0.1) is 0 Å². The molecule has 81 heavy (non-hydrogen) atoms. The Morgan fingerprint density at radius 3 is 0.765 bits per heavy atom. The zero-order chi connectivity index (χ0) is 58.5. The van der Waals surface area contributed by atoms with E-state index in [1.165, 1.54) is 135 Å². The molecule has 0 amide bonds. The van der Waals surface area contributed by atoms with Crippen molar-refractivity contribution in [1.29, 1.82) is 0 Å². The van der Waals surface area contributed by atoms with E-state index in [0.717, 1.165) is 141 Å². The summed E-state index contributed by atoms with van der Waals surface area (Å²) in [6, 6.07) is 0. The van der Waals surface area contributed by atoms with Crippen molar-refractivity contribution in [2.75, 3.05) is 13.2 Å². The Kier molecular flexibility index (Phi) is 64.8.